The predicted octanol–water partition coefficient (Wildman–Crippen LogP) is 0.583. The van der Waals surface area contributed by atoms with Crippen LogP contribution in [0, 0.1) is 6.92 Å². The molecule has 18 heavy (non-hydrogen) atoms. The molecule has 1 atom stereocenters. The number of thioether (sulfide) groups is 1. The topological polar surface area (TPSA) is 95.1 Å². The molecule has 0 aromatic carbocycles. The molecule has 7 heteroatoms. The maximum Gasteiger partial charge on any atom is 0.326 e. The zero-order valence-corrected chi connectivity index (χ0v) is 11.2. The van der Waals surface area contributed by atoms with Gasteiger partial charge in [0, 0.05) is 11.3 Å². The van der Waals surface area contributed by atoms with E-state index in [1.54, 1.807) is 18.0 Å². The van der Waals surface area contributed by atoms with Gasteiger partial charge >= 0.3 is 5.97 Å². The fourth-order valence-electron chi connectivity index (χ4n) is 1.47. The number of H-pyrrole nitrogens is 1. The fourth-order valence-corrected chi connectivity index (χ4v) is 1.94. The first-order chi connectivity index (χ1) is 8.54. The number of carbonyl (C=O) groups is 2. The molecule has 1 rings (SSSR count). The van der Waals surface area contributed by atoms with Crippen molar-refractivity contribution in [1.82, 2.24) is 15.5 Å². The summed E-state index contributed by atoms with van der Waals surface area (Å²) in [6.45, 7) is 1.82. The molecule has 0 saturated heterocycles. The highest BCUT2D eigenvalue weighted by Gasteiger charge is 2.19. The van der Waals surface area contributed by atoms with Crippen molar-refractivity contribution < 1.29 is 14.7 Å². The van der Waals surface area contributed by atoms with Crippen molar-refractivity contribution in [3.05, 3.63) is 17.5 Å². The van der Waals surface area contributed by atoms with Crippen LogP contribution < -0.4 is 5.32 Å². The van der Waals surface area contributed by atoms with Gasteiger partial charge in [0.1, 0.15) is 6.04 Å². The smallest absolute Gasteiger partial charge is 0.326 e. The van der Waals surface area contributed by atoms with Crippen molar-refractivity contribution >= 4 is 23.6 Å². The molecule has 100 valence electrons. The van der Waals surface area contributed by atoms with Crippen LogP contribution in [0.15, 0.2) is 6.20 Å². The number of carbonyl (C=O) groups excluding carboxylic acids is 1. The Morgan fingerprint density at radius 1 is 1.61 bits per heavy atom. The summed E-state index contributed by atoms with van der Waals surface area (Å²) in [5, 5.41) is 18.1. The van der Waals surface area contributed by atoms with Gasteiger partial charge in [-0.15, -0.1) is 0 Å². The molecule has 6 nitrogen and oxygen atoms in total. The lowest BCUT2D eigenvalue weighted by Crippen LogP contribution is -2.41. The van der Waals surface area contributed by atoms with E-state index in [2.05, 4.69) is 15.5 Å². The van der Waals surface area contributed by atoms with E-state index < -0.39 is 12.0 Å². The highest BCUT2D eigenvalue weighted by atomic mass is 32.2. The number of amides is 1. The van der Waals surface area contributed by atoms with Crippen LogP contribution in [0.4, 0.5) is 0 Å². The monoisotopic (exact) mass is 271 g/mol. The summed E-state index contributed by atoms with van der Waals surface area (Å²) in [6, 6.07) is -0.822. The Kier molecular flexibility index (Phi) is 5.70. The van der Waals surface area contributed by atoms with Gasteiger partial charge in [-0.25, -0.2) is 4.79 Å². The van der Waals surface area contributed by atoms with Gasteiger partial charge < -0.3 is 10.4 Å². The van der Waals surface area contributed by atoms with Crippen molar-refractivity contribution in [2.75, 3.05) is 12.0 Å². The lowest BCUT2D eigenvalue weighted by molar-refractivity contribution is -0.141. The number of aromatic amines is 1. The fraction of sp³-hybridized carbons (Fsp3) is 0.545. The normalized spacial score (nSPS) is 12.1. The third kappa shape index (κ3) is 4.40. The molecular formula is C11H17N3O3S. The molecule has 1 amide bonds. The average molecular weight is 271 g/mol. The molecule has 1 heterocycles. The second kappa shape index (κ2) is 7.05. The number of aryl methyl sites for hydroxylation is 1. The van der Waals surface area contributed by atoms with Gasteiger partial charge in [0.15, 0.2) is 0 Å². The molecule has 0 aliphatic heterocycles. The number of hydrogen-bond acceptors (Lipinski definition) is 4. The number of nitrogens with one attached hydrogen (secondary N) is 2. The Bertz CT molecular complexity index is 419. The summed E-state index contributed by atoms with van der Waals surface area (Å²) in [6.07, 6.45) is 4.04. The summed E-state index contributed by atoms with van der Waals surface area (Å²) in [7, 11) is 0. The van der Waals surface area contributed by atoms with Crippen LogP contribution in [0.5, 0.6) is 0 Å². The largest absolute Gasteiger partial charge is 0.480 e. The molecular weight excluding hydrogens is 254 g/mol. The van der Waals surface area contributed by atoms with Crippen molar-refractivity contribution in [3.8, 4) is 0 Å². The molecule has 0 fully saturated rings. The predicted molar refractivity (Wildman–Crippen MR) is 69.6 cm³/mol. The standard InChI is InChI=1S/C11H17N3O3S/c1-7-8(6-12-14-7)5-10(15)13-9(11(16)17)3-4-18-2/h6,9H,3-5H2,1-2H3,(H,12,14)(H,13,15)(H,16,17)/t9-/m0/s1. The third-order valence-corrected chi connectivity index (χ3v) is 3.17. The molecule has 0 unspecified atom stereocenters. The molecule has 0 saturated carbocycles. The minimum absolute atomic E-state index is 0.144. The number of carboxylic acids is 1. The van der Waals surface area contributed by atoms with Crippen LogP contribution in [0.2, 0.25) is 0 Å². The number of nitrogens with zero attached hydrogens (tertiary/aromatic N) is 1. The first kappa shape index (κ1) is 14.6. The minimum atomic E-state index is -0.999. The zero-order chi connectivity index (χ0) is 13.5. The van der Waals surface area contributed by atoms with Gasteiger partial charge in [0.05, 0.1) is 12.6 Å². The van der Waals surface area contributed by atoms with Crippen LogP contribution >= 0.6 is 11.8 Å². The zero-order valence-electron chi connectivity index (χ0n) is 10.4. The second-order valence-corrected chi connectivity index (χ2v) is 4.92. The summed E-state index contributed by atoms with van der Waals surface area (Å²) < 4.78 is 0. The number of rotatable bonds is 7. The van der Waals surface area contributed by atoms with E-state index in [-0.39, 0.29) is 12.3 Å². The van der Waals surface area contributed by atoms with Gasteiger partial charge in [-0.2, -0.15) is 16.9 Å². The molecule has 0 spiro atoms. The van der Waals surface area contributed by atoms with Gasteiger partial charge in [0.2, 0.25) is 5.91 Å². The van der Waals surface area contributed by atoms with Crippen molar-refractivity contribution in [2.45, 2.75) is 25.8 Å². The average Bonchev–Trinajstić information content (AvgIpc) is 2.70. The van der Waals surface area contributed by atoms with Crippen LogP contribution in [0.1, 0.15) is 17.7 Å². The lowest BCUT2D eigenvalue weighted by atomic mass is 10.1. The quantitative estimate of drug-likeness (QED) is 0.674. The first-order valence-corrected chi connectivity index (χ1v) is 6.94. The van der Waals surface area contributed by atoms with Crippen molar-refractivity contribution in [1.29, 1.82) is 0 Å². The van der Waals surface area contributed by atoms with E-state index in [9.17, 15) is 9.59 Å². The SMILES string of the molecule is CSCC[C@H](NC(=O)Cc1cn[nH]c1C)C(=O)O. The molecule has 0 aliphatic rings. The number of hydrogen-bond donors (Lipinski definition) is 3. The number of aliphatic carboxylic acids is 1. The van der Waals surface area contributed by atoms with Crippen molar-refractivity contribution in [2.24, 2.45) is 0 Å². The van der Waals surface area contributed by atoms with E-state index in [4.69, 9.17) is 5.11 Å². The minimum Gasteiger partial charge on any atom is -0.480 e. The van der Waals surface area contributed by atoms with E-state index in [1.165, 1.54) is 0 Å². The molecule has 0 bridgehead atoms. The Balaban J connectivity index is 2.51. The van der Waals surface area contributed by atoms with E-state index in [0.717, 1.165) is 11.3 Å². The Hall–Kier alpha value is -1.50. The van der Waals surface area contributed by atoms with E-state index in [0.29, 0.717) is 12.2 Å². The summed E-state index contributed by atoms with van der Waals surface area (Å²) >= 11 is 1.55. The van der Waals surface area contributed by atoms with E-state index >= 15 is 0 Å². The van der Waals surface area contributed by atoms with Gasteiger partial charge in [0.25, 0.3) is 0 Å². The summed E-state index contributed by atoms with van der Waals surface area (Å²) in [5.74, 6) is -0.601. The van der Waals surface area contributed by atoms with Gasteiger partial charge in [-0.1, -0.05) is 0 Å². The highest BCUT2D eigenvalue weighted by Crippen LogP contribution is 2.05. The maximum absolute atomic E-state index is 11.7. The summed E-state index contributed by atoms with van der Waals surface area (Å²) in [4.78, 5) is 22.7. The van der Waals surface area contributed by atoms with Crippen LogP contribution in [-0.4, -0.2) is 45.2 Å². The Labute approximate surface area is 110 Å². The summed E-state index contributed by atoms with van der Waals surface area (Å²) in [5.41, 5.74) is 1.60. The molecule has 1 aromatic rings. The Morgan fingerprint density at radius 2 is 2.33 bits per heavy atom. The van der Waals surface area contributed by atoms with Crippen LogP contribution in [0.3, 0.4) is 0 Å². The Morgan fingerprint density at radius 3 is 2.83 bits per heavy atom. The molecule has 1 aromatic heterocycles. The third-order valence-electron chi connectivity index (χ3n) is 2.53. The van der Waals surface area contributed by atoms with Gasteiger partial charge in [-0.3, -0.25) is 9.89 Å². The van der Waals surface area contributed by atoms with Crippen molar-refractivity contribution in [3.63, 3.8) is 0 Å². The van der Waals surface area contributed by atoms with Crippen LogP contribution in [0.25, 0.3) is 0 Å². The van der Waals surface area contributed by atoms with Crippen LogP contribution in [-0.2, 0) is 16.0 Å². The molecule has 0 radical (unpaired) electrons. The lowest BCUT2D eigenvalue weighted by Gasteiger charge is -2.13. The second-order valence-electron chi connectivity index (χ2n) is 3.94. The number of carboxylic acid groups (broad SMARTS) is 1. The van der Waals surface area contributed by atoms with E-state index in [1.807, 2.05) is 13.2 Å². The number of aromatic nitrogens is 2. The molecule has 3 N–H and O–H groups in total. The van der Waals surface area contributed by atoms with Gasteiger partial charge in [-0.05, 0) is 25.4 Å². The molecule has 0 aliphatic carbocycles. The maximum atomic E-state index is 11.7. The first-order valence-electron chi connectivity index (χ1n) is 5.54. The highest BCUT2D eigenvalue weighted by molar-refractivity contribution is 7.98.